The lowest BCUT2D eigenvalue weighted by atomic mass is 10.2. The molecule has 1 fully saturated rings. The van der Waals surface area contributed by atoms with Crippen molar-refractivity contribution in [1.82, 2.24) is 10.2 Å². The lowest BCUT2D eigenvalue weighted by molar-refractivity contribution is -0.132. The summed E-state index contributed by atoms with van der Waals surface area (Å²) in [5.41, 5.74) is 0.985. The van der Waals surface area contributed by atoms with Crippen molar-refractivity contribution in [1.29, 1.82) is 0 Å². The van der Waals surface area contributed by atoms with Gasteiger partial charge in [-0.1, -0.05) is 12.1 Å². The van der Waals surface area contributed by atoms with Gasteiger partial charge < -0.3 is 15.3 Å². The Hall–Kier alpha value is -1.26. The normalized spacial score (nSPS) is 13.7. The molecule has 112 valence electrons. The average Bonchev–Trinajstić information content (AvgIpc) is 3.19. The van der Waals surface area contributed by atoms with Crippen molar-refractivity contribution in [3.63, 3.8) is 0 Å². The zero-order chi connectivity index (χ0) is 13.7. The summed E-state index contributed by atoms with van der Waals surface area (Å²) in [4.78, 5) is 14.1. The van der Waals surface area contributed by atoms with Gasteiger partial charge in [0.1, 0.15) is 5.75 Å². The van der Waals surface area contributed by atoms with Crippen LogP contribution >= 0.6 is 12.4 Å². The Morgan fingerprint density at radius 3 is 2.80 bits per heavy atom. The molecule has 2 rings (SSSR count). The molecule has 1 aliphatic rings. The van der Waals surface area contributed by atoms with Crippen LogP contribution < -0.4 is 5.32 Å². The van der Waals surface area contributed by atoms with Crippen molar-refractivity contribution in [2.24, 2.45) is 5.92 Å². The van der Waals surface area contributed by atoms with Crippen molar-refractivity contribution in [2.75, 3.05) is 20.1 Å². The van der Waals surface area contributed by atoms with Crippen LogP contribution in [0.2, 0.25) is 0 Å². The molecule has 20 heavy (non-hydrogen) atoms. The first-order valence-electron chi connectivity index (χ1n) is 6.89. The standard InChI is InChI=1S/C15H22N2O2.ClH/c1-16-8-7-15(19)17(10-12-5-6-12)11-13-3-2-4-14(18)9-13;/h2-4,9,12,16,18H,5-8,10-11H2,1H3;1H. The SMILES string of the molecule is CNCCC(=O)N(Cc1cccc(O)c1)CC1CC1.Cl. The number of carbonyl (C=O) groups is 1. The molecule has 0 aliphatic heterocycles. The van der Waals surface area contributed by atoms with Crippen LogP contribution in [0.25, 0.3) is 0 Å². The summed E-state index contributed by atoms with van der Waals surface area (Å²) in [5, 5.41) is 12.5. The number of amides is 1. The molecule has 1 amide bonds. The summed E-state index contributed by atoms with van der Waals surface area (Å²) >= 11 is 0. The summed E-state index contributed by atoms with van der Waals surface area (Å²) < 4.78 is 0. The van der Waals surface area contributed by atoms with Crippen LogP contribution in [-0.2, 0) is 11.3 Å². The Labute approximate surface area is 126 Å². The van der Waals surface area contributed by atoms with Gasteiger partial charge in [0.25, 0.3) is 0 Å². The number of hydrogen-bond acceptors (Lipinski definition) is 3. The van der Waals surface area contributed by atoms with Crippen molar-refractivity contribution in [3.05, 3.63) is 29.8 Å². The maximum absolute atomic E-state index is 12.2. The van der Waals surface area contributed by atoms with Crippen molar-refractivity contribution >= 4 is 18.3 Å². The zero-order valence-electron chi connectivity index (χ0n) is 11.8. The van der Waals surface area contributed by atoms with Crippen LogP contribution in [0.4, 0.5) is 0 Å². The van der Waals surface area contributed by atoms with E-state index in [1.54, 1.807) is 12.1 Å². The van der Waals surface area contributed by atoms with Crippen molar-refractivity contribution < 1.29 is 9.90 Å². The maximum atomic E-state index is 12.2. The van der Waals surface area contributed by atoms with E-state index in [0.717, 1.165) is 12.1 Å². The van der Waals surface area contributed by atoms with Gasteiger partial charge in [-0.2, -0.15) is 0 Å². The minimum absolute atomic E-state index is 0. The van der Waals surface area contributed by atoms with E-state index in [-0.39, 0.29) is 24.1 Å². The highest BCUT2D eigenvalue weighted by Crippen LogP contribution is 2.30. The molecule has 1 aromatic rings. The lowest BCUT2D eigenvalue weighted by Crippen LogP contribution is -2.34. The fourth-order valence-corrected chi connectivity index (χ4v) is 2.13. The highest BCUT2D eigenvalue weighted by atomic mass is 35.5. The molecule has 0 spiro atoms. The summed E-state index contributed by atoms with van der Waals surface area (Å²) in [6.07, 6.45) is 2.99. The van der Waals surface area contributed by atoms with Crippen LogP contribution in [0.3, 0.4) is 0 Å². The third-order valence-corrected chi connectivity index (χ3v) is 3.40. The molecule has 0 aromatic heterocycles. The molecule has 1 aliphatic carbocycles. The molecule has 0 unspecified atom stereocenters. The van der Waals surface area contributed by atoms with Crippen LogP contribution in [0.15, 0.2) is 24.3 Å². The van der Waals surface area contributed by atoms with Crippen LogP contribution in [0.1, 0.15) is 24.8 Å². The number of nitrogens with zero attached hydrogens (tertiary/aromatic N) is 1. The number of carbonyl (C=O) groups excluding carboxylic acids is 1. The smallest absolute Gasteiger partial charge is 0.224 e. The molecule has 0 saturated heterocycles. The Morgan fingerprint density at radius 1 is 1.45 bits per heavy atom. The van der Waals surface area contributed by atoms with Crippen LogP contribution in [-0.4, -0.2) is 36.1 Å². The Balaban J connectivity index is 0.00000200. The summed E-state index contributed by atoms with van der Waals surface area (Å²) in [7, 11) is 1.85. The Morgan fingerprint density at radius 2 is 2.20 bits per heavy atom. The third kappa shape index (κ3) is 5.39. The summed E-state index contributed by atoms with van der Waals surface area (Å²) in [6, 6.07) is 7.14. The van der Waals surface area contributed by atoms with Gasteiger partial charge in [-0.25, -0.2) is 0 Å². The van der Waals surface area contributed by atoms with Gasteiger partial charge in [0.05, 0.1) is 0 Å². The molecule has 0 radical (unpaired) electrons. The topological polar surface area (TPSA) is 52.6 Å². The molecule has 0 heterocycles. The minimum Gasteiger partial charge on any atom is -0.508 e. The van der Waals surface area contributed by atoms with Gasteiger partial charge in [0.2, 0.25) is 5.91 Å². The van der Waals surface area contributed by atoms with Gasteiger partial charge in [0, 0.05) is 26.1 Å². The number of halogens is 1. The number of aromatic hydroxyl groups is 1. The van der Waals surface area contributed by atoms with Crippen LogP contribution in [0.5, 0.6) is 5.75 Å². The average molecular weight is 299 g/mol. The molecule has 4 nitrogen and oxygen atoms in total. The number of nitrogens with one attached hydrogen (secondary N) is 1. The summed E-state index contributed by atoms with van der Waals surface area (Å²) in [5.74, 6) is 1.12. The Bertz CT molecular complexity index is 436. The number of rotatable bonds is 7. The largest absolute Gasteiger partial charge is 0.508 e. The molecular formula is C15H23ClN2O2. The molecule has 1 saturated carbocycles. The first kappa shape index (κ1) is 16.8. The van der Waals surface area contributed by atoms with E-state index in [9.17, 15) is 9.90 Å². The quantitative estimate of drug-likeness (QED) is 0.811. The van der Waals surface area contributed by atoms with E-state index in [0.29, 0.717) is 25.4 Å². The van der Waals surface area contributed by atoms with Crippen molar-refractivity contribution in [2.45, 2.75) is 25.8 Å². The Kier molecular flexibility index (Phi) is 6.82. The monoisotopic (exact) mass is 298 g/mol. The van der Waals surface area contributed by atoms with Gasteiger partial charge in [-0.3, -0.25) is 4.79 Å². The molecule has 2 N–H and O–H groups in total. The van der Waals surface area contributed by atoms with Gasteiger partial charge in [-0.05, 0) is 43.5 Å². The molecule has 5 heteroatoms. The second-order valence-electron chi connectivity index (χ2n) is 5.24. The van der Waals surface area contributed by atoms with E-state index in [2.05, 4.69) is 5.32 Å². The second kappa shape index (κ2) is 8.12. The highest BCUT2D eigenvalue weighted by Gasteiger charge is 2.26. The van der Waals surface area contributed by atoms with Gasteiger partial charge in [-0.15, -0.1) is 12.4 Å². The van der Waals surface area contributed by atoms with E-state index in [1.807, 2.05) is 24.1 Å². The number of hydrogen-bond donors (Lipinski definition) is 2. The molecule has 0 atom stereocenters. The minimum atomic E-state index is 0. The molecule has 1 aromatic carbocycles. The van der Waals surface area contributed by atoms with E-state index in [1.165, 1.54) is 12.8 Å². The lowest BCUT2D eigenvalue weighted by Gasteiger charge is -2.23. The fourth-order valence-electron chi connectivity index (χ4n) is 2.13. The first-order chi connectivity index (χ1) is 9.19. The zero-order valence-corrected chi connectivity index (χ0v) is 12.7. The predicted molar refractivity (Wildman–Crippen MR) is 82.0 cm³/mol. The van der Waals surface area contributed by atoms with E-state index >= 15 is 0 Å². The van der Waals surface area contributed by atoms with Gasteiger partial charge >= 0.3 is 0 Å². The highest BCUT2D eigenvalue weighted by molar-refractivity contribution is 5.85. The summed E-state index contributed by atoms with van der Waals surface area (Å²) in [6.45, 7) is 2.14. The molecule has 0 bridgehead atoms. The second-order valence-corrected chi connectivity index (χ2v) is 5.24. The van der Waals surface area contributed by atoms with E-state index in [4.69, 9.17) is 0 Å². The van der Waals surface area contributed by atoms with Crippen molar-refractivity contribution in [3.8, 4) is 5.75 Å². The number of benzene rings is 1. The van der Waals surface area contributed by atoms with Crippen LogP contribution in [0, 0.1) is 5.92 Å². The van der Waals surface area contributed by atoms with E-state index < -0.39 is 0 Å². The third-order valence-electron chi connectivity index (χ3n) is 3.40. The number of phenolic OH excluding ortho intramolecular Hbond substituents is 1. The fraction of sp³-hybridized carbons (Fsp3) is 0.533. The predicted octanol–water partition coefficient (Wildman–Crippen LogP) is 2.16. The van der Waals surface area contributed by atoms with Gasteiger partial charge in [0.15, 0.2) is 0 Å². The first-order valence-corrected chi connectivity index (χ1v) is 6.89. The molecular weight excluding hydrogens is 276 g/mol. The maximum Gasteiger partial charge on any atom is 0.224 e. The number of phenols is 1.